The molecule has 2 atom stereocenters. The highest BCUT2D eigenvalue weighted by Crippen LogP contribution is 2.09. The minimum atomic E-state index is -1.34. The third kappa shape index (κ3) is 3.72. The molecule has 6 heteroatoms. The van der Waals surface area contributed by atoms with Gasteiger partial charge < -0.3 is 15.5 Å². The number of aliphatic carboxylic acids is 1. The van der Waals surface area contributed by atoms with E-state index < -0.39 is 24.0 Å². The van der Waals surface area contributed by atoms with Crippen LogP contribution in [0.1, 0.15) is 17.3 Å². The summed E-state index contributed by atoms with van der Waals surface area (Å²) < 4.78 is 0. The van der Waals surface area contributed by atoms with E-state index in [2.05, 4.69) is 5.32 Å². The Morgan fingerprint density at radius 2 is 1.82 bits per heavy atom. The number of rotatable bonds is 4. The maximum Gasteiger partial charge on any atom is 0.328 e. The second-order valence-corrected chi connectivity index (χ2v) is 3.97. The number of halogens is 1. The van der Waals surface area contributed by atoms with Gasteiger partial charge in [0.25, 0.3) is 5.91 Å². The largest absolute Gasteiger partial charge is 0.480 e. The molecule has 0 radical (unpaired) electrons. The molecule has 0 aliphatic rings. The summed E-state index contributed by atoms with van der Waals surface area (Å²) in [5.41, 5.74) is 0.279. The van der Waals surface area contributed by atoms with Gasteiger partial charge >= 0.3 is 5.97 Å². The molecule has 0 spiro atoms. The summed E-state index contributed by atoms with van der Waals surface area (Å²) in [5.74, 6) is -1.86. The first-order valence-electron chi connectivity index (χ1n) is 4.89. The van der Waals surface area contributed by atoms with Crippen LogP contribution in [0.3, 0.4) is 0 Å². The Bertz CT molecular complexity index is 416. The molecule has 1 amide bonds. The van der Waals surface area contributed by atoms with E-state index in [1.165, 1.54) is 31.2 Å². The minimum Gasteiger partial charge on any atom is -0.480 e. The molecule has 0 aliphatic heterocycles. The van der Waals surface area contributed by atoms with Gasteiger partial charge in [-0.15, -0.1) is 0 Å². The van der Waals surface area contributed by atoms with E-state index in [0.29, 0.717) is 5.02 Å². The first-order chi connectivity index (χ1) is 7.91. The van der Waals surface area contributed by atoms with Crippen molar-refractivity contribution in [2.24, 2.45) is 0 Å². The number of carbonyl (C=O) groups is 2. The van der Waals surface area contributed by atoms with Crippen molar-refractivity contribution in [3.63, 3.8) is 0 Å². The number of aliphatic hydroxyl groups is 1. The summed E-state index contributed by atoms with van der Waals surface area (Å²) in [6.45, 7) is 1.29. The molecule has 2 unspecified atom stereocenters. The van der Waals surface area contributed by atoms with Gasteiger partial charge in [0.05, 0.1) is 6.10 Å². The van der Waals surface area contributed by atoms with Crippen LogP contribution >= 0.6 is 11.6 Å². The van der Waals surface area contributed by atoms with Crippen LogP contribution in [-0.2, 0) is 4.79 Å². The molecule has 0 aliphatic carbocycles. The van der Waals surface area contributed by atoms with E-state index in [9.17, 15) is 14.7 Å². The second-order valence-electron chi connectivity index (χ2n) is 3.54. The van der Waals surface area contributed by atoms with E-state index in [1.54, 1.807) is 0 Å². The van der Waals surface area contributed by atoms with Gasteiger partial charge in [0.15, 0.2) is 6.04 Å². The Hall–Kier alpha value is -1.59. The van der Waals surface area contributed by atoms with Gasteiger partial charge in [0.1, 0.15) is 0 Å². The Balaban J connectivity index is 2.77. The number of aliphatic hydroxyl groups excluding tert-OH is 1. The van der Waals surface area contributed by atoms with Crippen LogP contribution in [0.5, 0.6) is 0 Å². The molecular weight excluding hydrogens is 246 g/mol. The molecule has 0 aromatic heterocycles. The first kappa shape index (κ1) is 13.5. The van der Waals surface area contributed by atoms with Gasteiger partial charge in [-0.3, -0.25) is 4.79 Å². The topological polar surface area (TPSA) is 86.6 Å². The quantitative estimate of drug-likeness (QED) is 0.748. The fraction of sp³-hybridized carbons (Fsp3) is 0.273. The third-order valence-corrected chi connectivity index (χ3v) is 2.39. The van der Waals surface area contributed by atoms with Crippen molar-refractivity contribution in [2.75, 3.05) is 0 Å². The fourth-order valence-electron chi connectivity index (χ4n) is 1.21. The van der Waals surface area contributed by atoms with Gasteiger partial charge in [-0.05, 0) is 31.2 Å². The smallest absolute Gasteiger partial charge is 0.328 e. The molecule has 3 N–H and O–H groups in total. The van der Waals surface area contributed by atoms with Crippen LogP contribution in [-0.4, -0.2) is 34.2 Å². The third-order valence-electron chi connectivity index (χ3n) is 2.14. The van der Waals surface area contributed by atoms with Crippen molar-refractivity contribution in [3.8, 4) is 0 Å². The van der Waals surface area contributed by atoms with Gasteiger partial charge in [0, 0.05) is 10.6 Å². The number of carboxylic acids is 1. The lowest BCUT2D eigenvalue weighted by molar-refractivity contribution is -0.141. The number of nitrogens with one attached hydrogen (secondary N) is 1. The van der Waals surface area contributed by atoms with Crippen LogP contribution in [0.2, 0.25) is 5.02 Å². The standard InChI is InChI=1S/C11H12ClNO4/c1-6(14)9(11(16)17)13-10(15)7-2-4-8(12)5-3-7/h2-6,9,14H,1H3,(H,13,15)(H,16,17). The van der Waals surface area contributed by atoms with E-state index in [0.717, 1.165) is 0 Å². The lowest BCUT2D eigenvalue weighted by atomic mass is 10.1. The Morgan fingerprint density at radius 3 is 2.24 bits per heavy atom. The van der Waals surface area contributed by atoms with Crippen LogP contribution in [0.15, 0.2) is 24.3 Å². The van der Waals surface area contributed by atoms with Gasteiger partial charge in [-0.2, -0.15) is 0 Å². The molecule has 0 heterocycles. The van der Waals surface area contributed by atoms with Gasteiger partial charge in [-0.25, -0.2) is 4.79 Å². The molecule has 1 rings (SSSR count). The molecule has 1 aromatic carbocycles. The van der Waals surface area contributed by atoms with Crippen LogP contribution in [0, 0.1) is 0 Å². The Morgan fingerprint density at radius 1 is 1.29 bits per heavy atom. The fourth-order valence-corrected chi connectivity index (χ4v) is 1.34. The monoisotopic (exact) mass is 257 g/mol. The van der Waals surface area contributed by atoms with E-state index in [4.69, 9.17) is 16.7 Å². The molecule has 1 aromatic rings. The molecule has 17 heavy (non-hydrogen) atoms. The van der Waals surface area contributed by atoms with E-state index >= 15 is 0 Å². The van der Waals surface area contributed by atoms with E-state index in [1.807, 2.05) is 0 Å². The zero-order valence-electron chi connectivity index (χ0n) is 9.05. The summed E-state index contributed by atoms with van der Waals surface area (Å²) in [6, 6.07) is 4.65. The molecule has 0 saturated heterocycles. The SMILES string of the molecule is CC(O)C(NC(=O)c1ccc(Cl)cc1)C(=O)O. The number of amides is 1. The summed E-state index contributed by atoms with van der Waals surface area (Å²) in [4.78, 5) is 22.4. The molecule has 0 bridgehead atoms. The Kier molecular flexibility index (Phi) is 4.48. The normalized spacial score (nSPS) is 13.8. The molecular formula is C11H12ClNO4. The zero-order valence-corrected chi connectivity index (χ0v) is 9.81. The predicted molar refractivity (Wildman–Crippen MR) is 62.0 cm³/mol. The van der Waals surface area contributed by atoms with E-state index in [-0.39, 0.29) is 5.56 Å². The number of hydrogen-bond donors (Lipinski definition) is 3. The molecule has 5 nitrogen and oxygen atoms in total. The van der Waals surface area contributed by atoms with Crippen molar-refractivity contribution >= 4 is 23.5 Å². The van der Waals surface area contributed by atoms with Crippen molar-refractivity contribution < 1.29 is 19.8 Å². The summed E-state index contributed by atoms with van der Waals surface area (Å²) in [7, 11) is 0. The predicted octanol–water partition coefficient (Wildman–Crippen LogP) is 0.904. The highest BCUT2D eigenvalue weighted by Gasteiger charge is 2.25. The minimum absolute atomic E-state index is 0.279. The van der Waals surface area contributed by atoms with Crippen molar-refractivity contribution in [1.29, 1.82) is 0 Å². The van der Waals surface area contributed by atoms with Crippen LogP contribution in [0.25, 0.3) is 0 Å². The van der Waals surface area contributed by atoms with Gasteiger partial charge in [-0.1, -0.05) is 11.6 Å². The molecule has 92 valence electrons. The van der Waals surface area contributed by atoms with Crippen molar-refractivity contribution in [1.82, 2.24) is 5.32 Å². The number of carboxylic acid groups (broad SMARTS) is 1. The average molecular weight is 258 g/mol. The first-order valence-corrected chi connectivity index (χ1v) is 5.27. The summed E-state index contributed by atoms with van der Waals surface area (Å²) in [6.07, 6.45) is -1.18. The second kappa shape index (κ2) is 5.65. The number of benzene rings is 1. The van der Waals surface area contributed by atoms with Crippen molar-refractivity contribution in [3.05, 3.63) is 34.9 Å². The molecule has 0 fully saturated rings. The van der Waals surface area contributed by atoms with Crippen LogP contribution in [0.4, 0.5) is 0 Å². The molecule has 0 saturated carbocycles. The lowest BCUT2D eigenvalue weighted by Gasteiger charge is -2.16. The number of carbonyl (C=O) groups excluding carboxylic acids is 1. The summed E-state index contributed by atoms with van der Waals surface area (Å²) >= 11 is 5.66. The highest BCUT2D eigenvalue weighted by atomic mass is 35.5. The maximum atomic E-state index is 11.6. The number of hydrogen-bond acceptors (Lipinski definition) is 3. The lowest BCUT2D eigenvalue weighted by Crippen LogP contribution is -2.47. The van der Waals surface area contributed by atoms with Crippen molar-refractivity contribution in [2.45, 2.75) is 19.1 Å². The maximum absolute atomic E-state index is 11.6. The Labute approximate surface area is 103 Å². The van der Waals surface area contributed by atoms with Crippen LogP contribution < -0.4 is 5.32 Å². The zero-order chi connectivity index (χ0) is 13.0. The van der Waals surface area contributed by atoms with Gasteiger partial charge in [0.2, 0.25) is 0 Å². The summed E-state index contributed by atoms with van der Waals surface area (Å²) in [5, 5.41) is 20.7. The average Bonchev–Trinajstić information content (AvgIpc) is 2.25. The highest BCUT2D eigenvalue weighted by molar-refractivity contribution is 6.30.